The van der Waals surface area contributed by atoms with Gasteiger partial charge in [-0.25, -0.2) is 4.39 Å². The van der Waals surface area contributed by atoms with Crippen LogP contribution in [-0.2, 0) is 0 Å². The van der Waals surface area contributed by atoms with Gasteiger partial charge in [0, 0.05) is 30.3 Å². The number of piperidine rings is 1. The van der Waals surface area contributed by atoms with E-state index in [1.54, 1.807) is 6.07 Å². The maximum Gasteiger partial charge on any atom is 0.253 e. The van der Waals surface area contributed by atoms with Crippen LogP contribution in [0, 0.1) is 19.7 Å². The lowest BCUT2D eigenvalue weighted by molar-refractivity contribution is 0.0698. The second kappa shape index (κ2) is 7.68. The number of hydrogen-bond donors (Lipinski definition) is 1. The van der Waals surface area contributed by atoms with Crippen LogP contribution in [0.15, 0.2) is 42.5 Å². The Balaban J connectivity index is 1.56. The first-order valence-corrected chi connectivity index (χ1v) is 8.87. The highest BCUT2D eigenvalue weighted by atomic mass is 19.1. The molecule has 1 aliphatic heterocycles. The largest absolute Gasteiger partial charge is 0.349 e. The minimum Gasteiger partial charge on any atom is -0.349 e. The van der Waals surface area contributed by atoms with Gasteiger partial charge in [-0.05, 0) is 68.1 Å². The van der Waals surface area contributed by atoms with Crippen molar-refractivity contribution >= 4 is 11.8 Å². The molecule has 3 rings (SSSR count). The molecule has 0 aliphatic carbocycles. The summed E-state index contributed by atoms with van der Waals surface area (Å²) >= 11 is 0. The Labute approximate surface area is 153 Å². The standard InChI is InChI=1S/C21H23FN2O2/c1-14-6-7-17(12-15(14)2)21(26)24-10-8-19(9-11-24)23-20(25)16-4-3-5-18(22)13-16/h3-7,12-13,19H,8-11H2,1-2H3,(H,23,25). The van der Waals surface area contributed by atoms with Gasteiger partial charge >= 0.3 is 0 Å². The first-order valence-electron chi connectivity index (χ1n) is 8.87. The molecular weight excluding hydrogens is 331 g/mol. The van der Waals surface area contributed by atoms with Gasteiger partial charge in [0.2, 0.25) is 0 Å². The zero-order chi connectivity index (χ0) is 18.7. The number of nitrogens with one attached hydrogen (secondary N) is 1. The fourth-order valence-corrected chi connectivity index (χ4v) is 3.18. The molecule has 136 valence electrons. The van der Waals surface area contributed by atoms with Gasteiger partial charge in [0.1, 0.15) is 5.82 Å². The van der Waals surface area contributed by atoms with Crippen molar-refractivity contribution in [1.82, 2.24) is 10.2 Å². The Morgan fingerprint density at radius 1 is 1.00 bits per heavy atom. The Morgan fingerprint density at radius 2 is 1.73 bits per heavy atom. The highest BCUT2D eigenvalue weighted by molar-refractivity contribution is 5.95. The van der Waals surface area contributed by atoms with Crippen molar-refractivity contribution in [1.29, 1.82) is 0 Å². The molecule has 1 saturated heterocycles. The van der Waals surface area contributed by atoms with Crippen LogP contribution >= 0.6 is 0 Å². The molecule has 0 radical (unpaired) electrons. The number of halogens is 1. The third-order valence-corrected chi connectivity index (χ3v) is 4.96. The van der Waals surface area contributed by atoms with Gasteiger partial charge in [0.05, 0.1) is 0 Å². The Morgan fingerprint density at radius 3 is 2.38 bits per heavy atom. The number of carbonyl (C=O) groups excluding carboxylic acids is 2. The van der Waals surface area contributed by atoms with Crippen LogP contribution in [0.1, 0.15) is 44.7 Å². The minimum atomic E-state index is -0.425. The molecule has 0 unspecified atom stereocenters. The van der Waals surface area contributed by atoms with Gasteiger partial charge in [0.15, 0.2) is 0 Å². The first-order chi connectivity index (χ1) is 12.4. The molecule has 4 nitrogen and oxygen atoms in total. The molecule has 2 aromatic rings. The smallest absolute Gasteiger partial charge is 0.253 e. The number of hydrogen-bond acceptors (Lipinski definition) is 2. The maximum absolute atomic E-state index is 13.2. The first kappa shape index (κ1) is 18.1. The summed E-state index contributed by atoms with van der Waals surface area (Å²) in [6.07, 6.45) is 1.38. The number of likely N-dealkylation sites (tertiary alicyclic amines) is 1. The molecule has 1 N–H and O–H groups in total. The summed E-state index contributed by atoms with van der Waals surface area (Å²) in [7, 11) is 0. The molecule has 1 heterocycles. The van der Waals surface area contributed by atoms with Crippen LogP contribution in [0.3, 0.4) is 0 Å². The second-order valence-electron chi connectivity index (χ2n) is 6.85. The van der Waals surface area contributed by atoms with E-state index in [-0.39, 0.29) is 17.9 Å². The molecule has 0 atom stereocenters. The molecule has 26 heavy (non-hydrogen) atoms. The van der Waals surface area contributed by atoms with Gasteiger partial charge in [-0.3, -0.25) is 9.59 Å². The fourth-order valence-electron chi connectivity index (χ4n) is 3.18. The average molecular weight is 354 g/mol. The van der Waals surface area contributed by atoms with E-state index in [0.29, 0.717) is 37.1 Å². The van der Waals surface area contributed by atoms with E-state index in [0.717, 1.165) is 5.56 Å². The third-order valence-electron chi connectivity index (χ3n) is 4.96. The van der Waals surface area contributed by atoms with E-state index in [2.05, 4.69) is 5.32 Å². The Bertz CT molecular complexity index is 827. The van der Waals surface area contributed by atoms with Crippen molar-refractivity contribution in [3.63, 3.8) is 0 Å². The van der Waals surface area contributed by atoms with E-state index in [4.69, 9.17) is 0 Å². The second-order valence-corrected chi connectivity index (χ2v) is 6.85. The predicted octanol–water partition coefficient (Wildman–Crippen LogP) is 3.48. The maximum atomic E-state index is 13.2. The highest BCUT2D eigenvalue weighted by Gasteiger charge is 2.25. The van der Waals surface area contributed by atoms with Gasteiger partial charge < -0.3 is 10.2 Å². The minimum absolute atomic E-state index is 0.00503. The molecule has 1 aliphatic rings. The van der Waals surface area contributed by atoms with Crippen molar-refractivity contribution in [3.8, 4) is 0 Å². The van der Waals surface area contributed by atoms with Gasteiger partial charge in [-0.2, -0.15) is 0 Å². The summed E-state index contributed by atoms with van der Waals surface area (Å²) < 4.78 is 13.2. The monoisotopic (exact) mass is 354 g/mol. The molecule has 0 bridgehead atoms. The lowest BCUT2D eigenvalue weighted by atomic mass is 10.0. The summed E-state index contributed by atoms with van der Waals surface area (Å²) in [5.41, 5.74) is 3.29. The molecule has 1 fully saturated rings. The van der Waals surface area contributed by atoms with Gasteiger partial charge in [-0.1, -0.05) is 12.1 Å². The van der Waals surface area contributed by atoms with Crippen LogP contribution < -0.4 is 5.32 Å². The summed E-state index contributed by atoms with van der Waals surface area (Å²) in [6.45, 7) is 5.22. The number of aryl methyl sites for hydroxylation is 2. The van der Waals surface area contributed by atoms with Crippen molar-refractivity contribution in [2.75, 3.05) is 13.1 Å². The average Bonchev–Trinajstić information content (AvgIpc) is 2.64. The number of nitrogens with zero attached hydrogens (tertiary/aromatic N) is 1. The number of benzene rings is 2. The fraction of sp³-hybridized carbons (Fsp3) is 0.333. The molecule has 2 amide bonds. The quantitative estimate of drug-likeness (QED) is 0.917. The SMILES string of the molecule is Cc1ccc(C(=O)N2CCC(NC(=O)c3cccc(F)c3)CC2)cc1C. The normalized spacial score (nSPS) is 15.0. The molecule has 0 saturated carbocycles. The molecule has 0 aromatic heterocycles. The van der Waals surface area contributed by atoms with E-state index in [9.17, 15) is 14.0 Å². The molecular formula is C21H23FN2O2. The van der Waals surface area contributed by atoms with E-state index in [1.165, 1.54) is 23.8 Å². The predicted molar refractivity (Wildman–Crippen MR) is 98.7 cm³/mol. The van der Waals surface area contributed by atoms with E-state index >= 15 is 0 Å². The van der Waals surface area contributed by atoms with Crippen molar-refractivity contribution in [3.05, 3.63) is 70.5 Å². The van der Waals surface area contributed by atoms with Crippen LogP contribution in [-0.4, -0.2) is 35.8 Å². The number of amides is 2. The topological polar surface area (TPSA) is 49.4 Å². The van der Waals surface area contributed by atoms with Crippen molar-refractivity contribution < 1.29 is 14.0 Å². The summed E-state index contributed by atoms with van der Waals surface area (Å²) in [5.74, 6) is -0.669. The van der Waals surface area contributed by atoms with Crippen molar-refractivity contribution in [2.45, 2.75) is 32.7 Å². The number of carbonyl (C=O) groups is 2. The lowest BCUT2D eigenvalue weighted by Crippen LogP contribution is -2.46. The Hall–Kier alpha value is -2.69. The summed E-state index contributed by atoms with van der Waals surface area (Å²) in [5, 5.41) is 2.93. The van der Waals surface area contributed by atoms with Crippen molar-refractivity contribution in [2.24, 2.45) is 0 Å². The van der Waals surface area contributed by atoms with E-state index in [1.807, 2.05) is 36.9 Å². The Kier molecular flexibility index (Phi) is 5.35. The molecule has 2 aromatic carbocycles. The van der Waals surface area contributed by atoms with Gasteiger partial charge in [-0.15, -0.1) is 0 Å². The number of rotatable bonds is 3. The van der Waals surface area contributed by atoms with Crippen LogP contribution in [0.4, 0.5) is 4.39 Å². The summed E-state index contributed by atoms with van der Waals surface area (Å²) in [6, 6.07) is 11.4. The summed E-state index contributed by atoms with van der Waals surface area (Å²) in [4.78, 5) is 26.7. The van der Waals surface area contributed by atoms with Gasteiger partial charge in [0.25, 0.3) is 11.8 Å². The molecule has 5 heteroatoms. The lowest BCUT2D eigenvalue weighted by Gasteiger charge is -2.32. The zero-order valence-electron chi connectivity index (χ0n) is 15.1. The third kappa shape index (κ3) is 4.10. The van der Waals surface area contributed by atoms with Crippen LogP contribution in [0.25, 0.3) is 0 Å². The molecule has 0 spiro atoms. The zero-order valence-corrected chi connectivity index (χ0v) is 15.1. The van der Waals surface area contributed by atoms with Crippen LogP contribution in [0.5, 0.6) is 0 Å². The van der Waals surface area contributed by atoms with Crippen LogP contribution in [0.2, 0.25) is 0 Å². The van der Waals surface area contributed by atoms with E-state index < -0.39 is 5.82 Å². The highest BCUT2D eigenvalue weighted by Crippen LogP contribution is 2.17.